The van der Waals surface area contributed by atoms with Crippen LogP contribution in [0, 0.1) is 23.7 Å². The molecule has 0 aromatic heterocycles. The van der Waals surface area contributed by atoms with E-state index in [1.165, 1.54) is 48.4 Å². The van der Waals surface area contributed by atoms with Gasteiger partial charge in [-0.15, -0.1) is 0 Å². The number of nitrogens with one attached hydrogen (secondary N) is 1. The first-order valence-corrected chi connectivity index (χ1v) is 20.0. The largest absolute Gasteiger partial charge is 0.354 e. The summed E-state index contributed by atoms with van der Waals surface area (Å²) in [6.45, 7) is 4.25. The van der Waals surface area contributed by atoms with Crippen molar-refractivity contribution in [2.24, 2.45) is 23.7 Å². The molecule has 0 aliphatic heterocycles. The third kappa shape index (κ3) is 7.99. The van der Waals surface area contributed by atoms with Gasteiger partial charge in [0.2, 0.25) is 21.8 Å². The minimum atomic E-state index is -3.83. The van der Waals surface area contributed by atoms with Gasteiger partial charge in [-0.05, 0) is 109 Å². The minimum Gasteiger partial charge on any atom is -0.354 e. The van der Waals surface area contributed by atoms with Crippen molar-refractivity contribution in [1.82, 2.24) is 10.2 Å². The summed E-state index contributed by atoms with van der Waals surface area (Å²) in [6.07, 6.45) is 9.18. The van der Waals surface area contributed by atoms with Crippen LogP contribution in [0.15, 0.2) is 83.3 Å². The highest BCUT2D eigenvalue weighted by atomic mass is 79.9. The fourth-order valence-electron chi connectivity index (χ4n) is 8.87. The number of amides is 2. The smallest absolute Gasteiger partial charge is 0.244 e. The molecule has 48 heavy (non-hydrogen) atoms. The zero-order chi connectivity index (χ0) is 34.1. The van der Waals surface area contributed by atoms with Crippen LogP contribution in [0.5, 0.6) is 0 Å². The highest BCUT2D eigenvalue weighted by Crippen LogP contribution is 2.60. The Morgan fingerprint density at radius 2 is 1.48 bits per heavy atom. The third-order valence-electron chi connectivity index (χ3n) is 10.7. The molecule has 1 N–H and O–H groups in total. The maximum Gasteiger partial charge on any atom is 0.244 e. The molecule has 3 aromatic rings. The second kappa shape index (κ2) is 14.4. The van der Waals surface area contributed by atoms with Gasteiger partial charge in [0, 0.05) is 24.0 Å². The highest BCUT2D eigenvalue weighted by molar-refractivity contribution is 9.10. The van der Waals surface area contributed by atoms with Gasteiger partial charge in [-0.25, -0.2) is 8.42 Å². The monoisotopic (exact) mass is 733 g/mol. The Hall–Kier alpha value is -3.17. The molecule has 2 amide bonds. The predicted molar refractivity (Wildman–Crippen MR) is 195 cm³/mol. The van der Waals surface area contributed by atoms with Crippen LogP contribution >= 0.6 is 15.9 Å². The van der Waals surface area contributed by atoms with Crippen molar-refractivity contribution in [1.29, 1.82) is 0 Å². The summed E-state index contributed by atoms with van der Waals surface area (Å²) in [5.74, 6) is 1.94. The Morgan fingerprint density at radius 3 is 2.04 bits per heavy atom. The SMILES string of the molecule is CC(C)CNC(=O)[C@H](Cc1ccccc1)N(Cc1cccc(Br)c1)C(=O)CN(c1ccc(C23CC4CC(CC(C4)C2)C3)cc1)S(C)(=O)=O. The average Bonchev–Trinajstić information content (AvgIpc) is 3.03. The number of halogens is 1. The van der Waals surface area contributed by atoms with Crippen molar-refractivity contribution in [2.45, 2.75) is 76.8 Å². The average molecular weight is 735 g/mol. The standard InChI is InChI=1S/C39H48BrN3O4S/c1-27(2)24-41-38(45)36(20-28-8-5-4-6-9-28)42(25-29-10-7-11-34(40)19-29)37(44)26-43(48(3,46)47)35-14-12-33(13-15-35)39-21-30-16-31(22-39)18-32(17-30)23-39/h4-15,19,27,30-32,36H,16-18,20-26H2,1-3H3,(H,41,45)/t30?,31?,32?,36-,39?/m0/s1. The van der Waals surface area contributed by atoms with Crippen molar-refractivity contribution in [2.75, 3.05) is 23.7 Å². The molecule has 4 aliphatic carbocycles. The van der Waals surface area contributed by atoms with Gasteiger partial charge in [-0.1, -0.05) is 84.4 Å². The molecule has 256 valence electrons. The lowest BCUT2D eigenvalue weighted by atomic mass is 9.48. The van der Waals surface area contributed by atoms with E-state index in [9.17, 15) is 18.0 Å². The lowest BCUT2D eigenvalue weighted by Crippen LogP contribution is -2.53. The van der Waals surface area contributed by atoms with Gasteiger partial charge in [0.05, 0.1) is 11.9 Å². The molecular formula is C39H48BrN3O4S. The fourth-order valence-corrected chi connectivity index (χ4v) is 10.2. The zero-order valence-electron chi connectivity index (χ0n) is 28.3. The van der Waals surface area contributed by atoms with Gasteiger partial charge in [-0.3, -0.25) is 13.9 Å². The van der Waals surface area contributed by atoms with Crippen molar-refractivity contribution < 1.29 is 18.0 Å². The van der Waals surface area contributed by atoms with Crippen molar-refractivity contribution in [3.8, 4) is 0 Å². The van der Waals surface area contributed by atoms with Crippen LogP contribution < -0.4 is 9.62 Å². The van der Waals surface area contributed by atoms with Gasteiger partial charge in [-0.2, -0.15) is 0 Å². The second-order valence-corrected chi connectivity index (χ2v) is 17.8. The van der Waals surface area contributed by atoms with Gasteiger partial charge >= 0.3 is 0 Å². The number of carbonyl (C=O) groups is 2. The third-order valence-corrected chi connectivity index (χ3v) is 12.3. The number of hydrogen-bond donors (Lipinski definition) is 1. The first-order chi connectivity index (χ1) is 22.9. The van der Waals surface area contributed by atoms with E-state index in [4.69, 9.17) is 0 Å². The topological polar surface area (TPSA) is 86.8 Å². The highest BCUT2D eigenvalue weighted by Gasteiger charge is 2.51. The Labute approximate surface area is 294 Å². The number of sulfonamides is 1. The summed E-state index contributed by atoms with van der Waals surface area (Å²) in [4.78, 5) is 29.9. The molecule has 7 nitrogen and oxygen atoms in total. The Kier molecular flexibility index (Phi) is 10.4. The quantitative estimate of drug-likeness (QED) is 0.203. The number of nitrogens with zero attached hydrogens (tertiary/aromatic N) is 2. The number of rotatable bonds is 13. The molecule has 0 saturated heterocycles. The van der Waals surface area contributed by atoms with Gasteiger partial charge in [0.1, 0.15) is 12.6 Å². The Balaban J connectivity index is 1.30. The fraction of sp³-hybridized carbons (Fsp3) is 0.487. The predicted octanol–water partition coefficient (Wildman–Crippen LogP) is 7.10. The van der Waals surface area contributed by atoms with Crippen LogP contribution in [0.25, 0.3) is 0 Å². The van der Waals surface area contributed by atoms with Crippen LogP contribution in [0.1, 0.15) is 69.1 Å². The summed E-state index contributed by atoms with van der Waals surface area (Å²) in [6, 6.07) is 24.4. The Bertz CT molecular complexity index is 1680. The molecule has 4 bridgehead atoms. The molecule has 0 heterocycles. The maximum absolute atomic E-state index is 14.5. The molecule has 3 aromatic carbocycles. The summed E-state index contributed by atoms with van der Waals surface area (Å²) in [5, 5.41) is 3.04. The molecule has 9 heteroatoms. The molecule has 4 fully saturated rings. The van der Waals surface area contributed by atoms with Gasteiger partial charge < -0.3 is 10.2 Å². The molecule has 0 radical (unpaired) electrons. The summed E-state index contributed by atoms with van der Waals surface area (Å²) >= 11 is 3.53. The van der Waals surface area contributed by atoms with E-state index in [0.29, 0.717) is 18.7 Å². The normalized spacial score (nSPS) is 23.6. The van der Waals surface area contributed by atoms with Crippen molar-refractivity contribution >= 4 is 43.5 Å². The van der Waals surface area contributed by atoms with Crippen LogP contribution in [-0.2, 0) is 38.0 Å². The van der Waals surface area contributed by atoms with E-state index < -0.39 is 28.5 Å². The maximum atomic E-state index is 14.5. The molecule has 1 atom stereocenters. The Morgan fingerprint density at radius 1 is 0.875 bits per heavy atom. The van der Waals surface area contributed by atoms with E-state index in [2.05, 4.69) is 33.4 Å². The summed E-state index contributed by atoms with van der Waals surface area (Å²) < 4.78 is 28.7. The van der Waals surface area contributed by atoms with E-state index in [0.717, 1.165) is 39.6 Å². The summed E-state index contributed by atoms with van der Waals surface area (Å²) in [5.41, 5.74) is 3.69. The molecule has 0 unspecified atom stereocenters. The van der Waals surface area contributed by atoms with Crippen LogP contribution in [0.4, 0.5) is 5.69 Å². The van der Waals surface area contributed by atoms with Crippen LogP contribution in [0.3, 0.4) is 0 Å². The van der Waals surface area contributed by atoms with Crippen LogP contribution in [-0.4, -0.2) is 50.5 Å². The van der Waals surface area contributed by atoms with E-state index in [1.807, 2.05) is 80.6 Å². The second-order valence-electron chi connectivity index (χ2n) is 15.0. The summed E-state index contributed by atoms with van der Waals surface area (Å²) in [7, 11) is -3.83. The zero-order valence-corrected chi connectivity index (χ0v) is 30.7. The van der Waals surface area contributed by atoms with Crippen LogP contribution in [0.2, 0.25) is 0 Å². The van der Waals surface area contributed by atoms with Crippen molar-refractivity contribution in [3.05, 3.63) is 100 Å². The molecule has 7 rings (SSSR count). The molecule has 4 aliphatic rings. The van der Waals surface area contributed by atoms with E-state index in [-0.39, 0.29) is 23.8 Å². The number of benzene rings is 3. The van der Waals surface area contributed by atoms with Gasteiger partial charge in [0.15, 0.2) is 0 Å². The van der Waals surface area contributed by atoms with Crippen molar-refractivity contribution in [3.63, 3.8) is 0 Å². The van der Waals surface area contributed by atoms with Gasteiger partial charge in [0.25, 0.3) is 0 Å². The molecular weight excluding hydrogens is 686 g/mol. The number of hydrogen-bond acceptors (Lipinski definition) is 4. The first-order valence-electron chi connectivity index (χ1n) is 17.3. The molecule has 0 spiro atoms. The lowest BCUT2D eigenvalue weighted by Gasteiger charge is -2.57. The first kappa shape index (κ1) is 34.7. The number of anilines is 1. The number of carbonyl (C=O) groups excluding carboxylic acids is 2. The molecule has 4 saturated carbocycles. The minimum absolute atomic E-state index is 0.146. The van der Waals surface area contributed by atoms with E-state index >= 15 is 0 Å². The van der Waals surface area contributed by atoms with E-state index in [1.54, 1.807) is 4.90 Å². The lowest BCUT2D eigenvalue weighted by molar-refractivity contribution is -0.140.